The molecule has 20 heteroatoms. The number of nitrogens with two attached hydrogens (primary N) is 1. The number of halogens is 5. The average Bonchev–Trinajstić information content (AvgIpc) is 4.17. The normalized spacial score (nSPS) is 17.5. The summed E-state index contributed by atoms with van der Waals surface area (Å²) in [5, 5.41) is 17.7. The lowest BCUT2D eigenvalue weighted by Crippen LogP contribution is -2.46. The molecule has 10 rings (SSSR count). The Morgan fingerprint density at radius 2 is 1.11 bits per heavy atom. The highest BCUT2D eigenvalue weighted by Crippen LogP contribution is 2.40. The number of amides is 4. The fourth-order valence-electron chi connectivity index (χ4n) is 8.48. The minimum absolute atomic E-state index is 0.0647. The number of alkyl halides is 4. The number of pyridine rings is 2. The van der Waals surface area contributed by atoms with Crippen molar-refractivity contribution >= 4 is 72.7 Å². The molecule has 15 nitrogen and oxygen atoms in total. The molecule has 2 aliphatic rings. The minimum Gasteiger partial charge on any atom is -0.345 e. The van der Waals surface area contributed by atoms with Crippen molar-refractivity contribution < 1.29 is 36.7 Å². The Kier molecular flexibility index (Phi) is 16.5. The second-order valence-corrected chi connectivity index (χ2v) is 18.2. The van der Waals surface area contributed by atoms with E-state index in [0.29, 0.717) is 25.2 Å². The predicted octanol–water partition coefficient (Wildman–Crippen LogP) is 9.26. The van der Waals surface area contributed by atoms with Crippen molar-refractivity contribution in [3.8, 4) is 5.69 Å². The largest absolute Gasteiger partial charge is 0.345 e. The smallest absolute Gasteiger partial charge is 0.321 e. The van der Waals surface area contributed by atoms with E-state index in [9.17, 15) is 36.7 Å². The molecule has 4 aromatic heterocycles. The van der Waals surface area contributed by atoms with E-state index in [1.54, 1.807) is 57.5 Å². The molecule has 0 bridgehead atoms. The SMILES string of the molecule is CC(F)(F)C(=O)N[C@H]1CC(=O)N(c2ccc3[nH]ncc3c2)C1c1ccccc1.CN.Cc1ccc(-n2ncc3cc(N4C(=O)C[C@H](NC(=O)C(C)(F)F)C4c4ccccc4)ccc32)cn1.Cc1ccc(Br)cn1. The van der Waals surface area contributed by atoms with Gasteiger partial charge in [-0.25, -0.2) is 4.68 Å². The summed E-state index contributed by atoms with van der Waals surface area (Å²) in [5.41, 5.74) is 11.6. The van der Waals surface area contributed by atoms with Crippen molar-refractivity contribution in [2.75, 3.05) is 16.8 Å². The van der Waals surface area contributed by atoms with Gasteiger partial charge in [0.25, 0.3) is 11.8 Å². The van der Waals surface area contributed by atoms with Gasteiger partial charge in [-0.2, -0.15) is 27.8 Å². The molecule has 4 amide bonds. The molecule has 0 aliphatic carbocycles. The van der Waals surface area contributed by atoms with Crippen LogP contribution in [0, 0.1) is 13.8 Å². The highest BCUT2D eigenvalue weighted by atomic mass is 79.9. The number of carbonyl (C=O) groups excluding carboxylic acids is 4. The number of benzene rings is 4. The summed E-state index contributed by atoms with van der Waals surface area (Å²) in [7, 11) is 1.50. The van der Waals surface area contributed by atoms with E-state index in [1.807, 2.05) is 117 Å². The van der Waals surface area contributed by atoms with Crippen LogP contribution in [0.2, 0.25) is 0 Å². The molecule has 4 atom stereocenters. The van der Waals surface area contributed by atoms with Crippen LogP contribution < -0.4 is 26.2 Å². The van der Waals surface area contributed by atoms with Gasteiger partial charge in [-0.05, 0) is 109 Å². The molecule has 0 radical (unpaired) electrons. The van der Waals surface area contributed by atoms with Crippen molar-refractivity contribution in [2.45, 2.75) is 76.5 Å². The number of nitrogens with one attached hydrogen (secondary N) is 3. The molecule has 73 heavy (non-hydrogen) atoms. The van der Waals surface area contributed by atoms with E-state index in [1.165, 1.54) is 7.05 Å². The molecule has 378 valence electrons. The average molecular weight is 1060 g/mol. The fourth-order valence-corrected chi connectivity index (χ4v) is 8.71. The Morgan fingerprint density at radius 3 is 1.58 bits per heavy atom. The first-order chi connectivity index (χ1) is 34.8. The number of hydrogen-bond donors (Lipinski definition) is 4. The summed E-state index contributed by atoms with van der Waals surface area (Å²) in [5.74, 6) is -10.4. The van der Waals surface area contributed by atoms with Gasteiger partial charge in [0, 0.05) is 70.9 Å². The van der Waals surface area contributed by atoms with Crippen molar-refractivity contribution in [1.82, 2.24) is 40.6 Å². The lowest BCUT2D eigenvalue weighted by atomic mass is 9.99. The third kappa shape index (κ3) is 12.4. The first-order valence-electron chi connectivity index (χ1n) is 23.0. The van der Waals surface area contributed by atoms with E-state index in [4.69, 9.17) is 0 Å². The number of hydrogen-bond acceptors (Lipinski definition) is 9. The first kappa shape index (κ1) is 53.0. The number of aromatic amines is 1. The zero-order valence-corrected chi connectivity index (χ0v) is 41.9. The summed E-state index contributed by atoms with van der Waals surface area (Å²) >= 11 is 3.28. The van der Waals surface area contributed by atoms with Crippen LogP contribution in [0.25, 0.3) is 27.5 Å². The monoisotopic (exact) mass is 1060 g/mol. The van der Waals surface area contributed by atoms with Crippen molar-refractivity contribution in [1.29, 1.82) is 0 Å². The van der Waals surface area contributed by atoms with E-state index in [0.717, 1.165) is 54.5 Å². The molecule has 8 aromatic rings. The van der Waals surface area contributed by atoms with Crippen LogP contribution in [0.4, 0.5) is 28.9 Å². The van der Waals surface area contributed by atoms with E-state index < -0.39 is 47.8 Å². The predicted molar refractivity (Wildman–Crippen MR) is 274 cm³/mol. The van der Waals surface area contributed by atoms with Crippen LogP contribution in [-0.4, -0.2) is 84.6 Å². The summed E-state index contributed by atoms with van der Waals surface area (Å²) in [6.07, 6.45) is 6.72. The fraction of sp³-hybridized carbons (Fsp3) is 0.245. The highest BCUT2D eigenvalue weighted by Gasteiger charge is 2.46. The number of rotatable bonds is 9. The third-order valence-electron chi connectivity index (χ3n) is 11.9. The van der Waals surface area contributed by atoms with Crippen LogP contribution in [0.15, 0.2) is 151 Å². The van der Waals surface area contributed by atoms with Gasteiger partial charge in [0.1, 0.15) is 0 Å². The summed E-state index contributed by atoms with van der Waals surface area (Å²) in [6.45, 7) is 4.96. The molecular weight excluding hydrogens is 1010 g/mol. The number of aromatic nitrogens is 6. The third-order valence-corrected chi connectivity index (χ3v) is 12.4. The van der Waals surface area contributed by atoms with Crippen LogP contribution in [-0.2, 0) is 19.2 Å². The van der Waals surface area contributed by atoms with Crippen molar-refractivity contribution in [3.63, 3.8) is 0 Å². The van der Waals surface area contributed by atoms with E-state index in [-0.39, 0.29) is 24.7 Å². The number of fused-ring (bicyclic) bond motifs is 2. The molecule has 2 saturated heterocycles. The molecule has 5 N–H and O–H groups in total. The van der Waals surface area contributed by atoms with Crippen molar-refractivity contribution in [2.24, 2.45) is 5.73 Å². The number of H-pyrrole nitrogens is 1. The molecule has 2 fully saturated rings. The quantitative estimate of drug-likeness (QED) is 0.102. The maximum absolute atomic E-state index is 13.6. The van der Waals surface area contributed by atoms with Crippen LogP contribution in [0.5, 0.6) is 0 Å². The molecule has 2 unspecified atom stereocenters. The van der Waals surface area contributed by atoms with Crippen molar-refractivity contribution in [3.05, 3.63) is 173 Å². The van der Waals surface area contributed by atoms with E-state index in [2.05, 4.69) is 57.6 Å². The number of carbonyl (C=O) groups is 4. The Balaban J connectivity index is 0.000000183. The molecule has 2 aliphatic heterocycles. The topological polar surface area (TPSA) is 197 Å². The molecule has 6 heterocycles. The Labute approximate surface area is 426 Å². The van der Waals surface area contributed by atoms with Gasteiger partial charge in [-0.1, -0.05) is 60.7 Å². The second-order valence-electron chi connectivity index (χ2n) is 17.3. The Morgan fingerprint density at radius 1 is 0.630 bits per heavy atom. The molecule has 0 saturated carbocycles. The number of anilines is 2. The zero-order valence-electron chi connectivity index (χ0n) is 40.3. The first-order valence-corrected chi connectivity index (χ1v) is 23.8. The van der Waals surface area contributed by atoms with Crippen LogP contribution in [0.1, 0.15) is 61.3 Å². The van der Waals surface area contributed by atoms with Gasteiger partial charge in [0.2, 0.25) is 11.8 Å². The molecule has 4 aromatic carbocycles. The highest BCUT2D eigenvalue weighted by molar-refractivity contribution is 9.10. The summed E-state index contributed by atoms with van der Waals surface area (Å²) < 4.78 is 56.9. The van der Waals surface area contributed by atoms with Crippen LogP contribution >= 0.6 is 15.9 Å². The minimum atomic E-state index is -3.55. The maximum Gasteiger partial charge on any atom is 0.321 e. The Bertz CT molecular complexity index is 3160. The van der Waals surface area contributed by atoms with Gasteiger partial charge >= 0.3 is 11.8 Å². The van der Waals surface area contributed by atoms with E-state index >= 15 is 0 Å². The van der Waals surface area contributed by atoms with Gasteiger partial charge in [0.15, 0.2) is 0 Å². The zero-order chi connectivity index (χ0) is 52.6. The summed E-state index contributed by atoms with van der Waals surface area (Å²) in [6, 6.07) is 34.0. The van der Waals surface area contributed by atoms with Crippen LogP contribution in [0.3, 0.4) is 0 Å². The number of nitrogens with zero attached hydrogens (tertiary/aromatic N) is 7. The second kappa shape index (κ2) is 22.7. The van der Waals surface area contributed by atoms with Gasteiger partial charge in [0.05, 0.1) is 59.5 Å². The lowest BCUT2D eigenvalue weighted by molar-refractivity contribution is -0.144. The standard InChI is InChI=1S/C26H23F2N5O2.C20H18F2N4O2.C6H6BrN.CH5N/c1-16-8-9-20(15-29-16)33-22-11-10-19(12-18(22)14-30-33)32-23(34)13-21(31-25(35)26(2,27)28)24(32)17-6-4-3-5-7-17;1-20(21,22)19(28)24-16-10-17(27)26(18(16)12-5-3-2-4-6-12)14-7-8-15-13(9-14)11-23-25-15;1-5-2-3-6(7)4-8-5;1-2/h3-12,14-15,21,24H,13H2,1-2H3,(H,31,35);2-9,11,16,18H,10H2,1H3,(H,23,25)(H,24,28);2-4H,1H3;2H2,1H3/t21-,24?;16-,18?;;/m00../s1. The Hall–Kier alpha value is -7.84. The maximum atomic E-state index is 13.6. The number of aryl methyl sites for hydroxylation is 2. The van der Waals surface area contributed by atoms with Gasteiger partial charge in [-0.15, -0.1) is 0 Å². The molecule has 0 spiro atoms. The lowest BCUT2D eigenvalue weighted by Gasteiger charge is -2.29. The summed E-state index contributed by atoms with van der Waals surface area (Å²) in [4.78, 5) is 61.4. The van der Waals surface area contributed by atoms with Gasteiger partial charge < -0.3 is 26.2 Å². The van der Waals surface area contributed by atoms with Gasteiger partial charge in [-0.3, -0.25) is 34.2 Å². The molecular formula is C53H52BrF4N11O4.